The van der Waals surface area contributed by atoms with Gasteiger partial charge in [0.2, 0.25) is 5.91 Å². The average Bonchev–Trinajstić information content (AvgIpc) is 3.35. The van der Waals surface area contributed by atoms with Crippen molar-refractivity contribution in [1.82, 2.24) is 15.3 Å². The van der Waals surface area contributed by atoms with Crippen molar-refractivity contribution in [3.05, 3.63) is 107 Å². The Labute approximate surface area is 215 Å². The fraction of sp³-hybridized carbons (Fsp3) is 0.267. The predicted molar refractivity (Wildman–Crippen MR) is 142 cm³/mol. The van der Waals surface area contributed by atoms with Gasteiger partial charge in [0.05, 0.1) is 29.4 Å². The Kier molecular flexibility index (Phi) is 7.23. The molecule has 1 aliphatic rings. The van der Waals surface area contributed by atoms with Gasteiger partial charge in [-0.1, -0.05) is 66.7 Å². The first-order valence-corrected chi connectivity index (χ1v) is 12.6. The number of nitrogens with one attached hydrogen (secondary N) is 1. The van der Waals surface area contributed by atoms with Crippen molar-refractivity contribution >= 4 is 22.8 Å². The molecule has 1 aromatic heterocycles. The Morgan fingerprint density at radius 3 is 2.22 bits per heavy atom. The molecule has 1 heterocycles. The summed E-state index contributed by atoms with van der Waals surface area (Å²) in [7, 11) is 0. The van der Waals surface area contributed by atoms with E-state index in [1.807, 2.05) is 60.7 Å². The fourth-order valence-corrected chi connectivity index (χ4v) is 5.30. The van der Waals surface area contributed by atoms with Crippen molar-refractivity contribution in [2.45, 2.75) is 37.8 Å². The smallest absolute Gasteiger partial charge is 0.271 e. The summed E-state index contributed by atoms with van der Waals surface area (Å²) in [4.78, 5) is 34.5. The molecule has 188 valence electrons. The number of carbonyl (C=O) groups excluding carboxylic acids is 2. The van der Waals surface area contributed by atoms with Crippen LogP contribution in [0.1, 0.15) is 33.6 Å². The van der Waals surface area contributed by atoms with Crippen molar-refractivity contribution in [1.29, 1.82) is 0 Å². The van der Waals surface area contributed by atoms with Crippen LogP contribution in [0.15, 0.2) is 85.1 Å². The van der Waals surface area contributed by atoms with Gasteiger partial charge in [-0.2, -0.15) is 0 Å². The first kappa shape index (κ1) is 24.6. The second-order valence-electron chi connectivity index (χ2n) is 9.76. The topological polar surface area (TPSA) is 118 Å². The second-order valence-corrected chi connectivity index (χ2v) is 9.76. The van der Waals surface area contributed by atoms with Gasteiger partial charge in [0.15, 0.2) is 0 Å². The molecular weight excluding hydrogens is 464 g/mol. The molecule has 0 bridgehead atoms. The van der Waals surface area contributed by atoms with Gasteiger partial charge >= 0.3 is 0 Å². The molecule has 0 spiro atoms. The zero-order valence-electron chi connectivity index (χ0n) is 20.5. The number of aliphatic hydroxyl groups excluding tert-OH is 1. The summed E-state index contributed by atoms with van der Waals surface area (Å²) < 4.78 is 0. The molecule has 1 aliphatic carbocycles. The zero-order chi connectivity index (χ0) is 25.8. The lowest BCUT2D eigenvalue weighted by Crippen LogP contribution is -2.47. The van der Waals surface area contributed by atoms with Crippen LogP contribution in [0.2, 0.25) is 0 Å². The van der Waals surface area contributed by atoms with Crippen molar-refractivity contribution in [2.24, 2.45) is 17.6 Å². The number of para-hydroxylation sites is 2. The Bertz CT molecular complexity index is 1380. The van der Waals surface area contributed by atoms with E-state index in [0.717, 1.165) is 18.4 Å². The number of nitrogens with zero attached hydrogens (tertiary/aromatic N) is 2. The third-order valence-electron chi connectivity index (χ3n) is 7.27. The Morgan fingerprint density at radius 2 is 1.54 bits per heavy atom. The van der Waals surface area contributed by atoms with Crippen LogP contribution in [0.25, 0.3) is 11.0 Å². The number of aromatic nitrogens is 2. The van der Waals surface area contributed by atoms with Crippen LogP contribution in [-0.2, 0) is 24.1 Å². The second kappa shape index (κ2) is 10.9. The van der Waals surface area contributed by atoms with E-state index < -0.39 is 29.9 Å². The number of hydrogen-bond acceptors (Lipinski definition) is 5. The molecule has 3 atom stereocenters. The van der Waals surface area contributed by atoms with Gasteiger partial charge in [0.1, 0.15) is 5.69 Å². The minimum Gasteiger partial charge on any atom is -0.391 e. The van der Waals surface area contributed by atoms with Crippen LogP contribution in [0.5, 0.6) is 0 Å². The van der Waals surface area contributed by atoms with Crippen LogP contribution in [0.3, 0.4) is 0 Å². The van der Waals surface area contributed by atoms with E-state index in [4.69, 9.17) is 5.73 Å². The maximum Gasteiger partial charge on any atom is 0.271 e. The first-order valence-electron chi connectivity index (χ1n) is 12.6. The van der Waals surface area contributed by atoms with Crippen LogP contribution >= 0.6 is 0 Å². The lowest BCUT2D eigenvalue weighted by atomic mass is 9.82. The monoisotopic (exact) mass is 494 g/mol. The van der Waals surface area contributed by atoms with Gasteiger partial charge in [-0.25, -0.2) is 4.98 Å². The van der Waals surface area contributed by atoms with E-state index in [1.165, 1.54) is 17.3 Å². The van der Waals surface area contributed by atoms with E-state index in [-0.39, 0.29) is 18.0 Å². The highest BCUT2D eigenvalue weighted by molar-refractivity contribution is 5.94. The van der Waals surface area contributed by atoms with Crippen molar-refractivity contribution < 1.29 is 14.7 Å². The summed E-state index contributed by atoms with van der Waals surface area (Å²) in [5, 5.41) is 14.3. The van der Waals surface area contributed by atoms with E-state index in [1.54, 1.807) is 6.07 Å². The Morgan fingerprint density at radius 1 is 0.919 bits per heavy atom. The molecular formula is C30H30N4O3. The molecule has 37 heavy (non-hydrogen) atoms. The first-order chi connectivity index (χ1) is 18.0. The summed E-state index contributed by atoms with van der Waals surface area (Å²) in [5.74, 6) is -1.36. The molecule has 0 fully saturated rings. The number of aliphatic hydroxyl groups is 1. The quantitative estimate of drug-likeness (QED) is 0.330. The predicted octanol–water partition coefficient (Wildman–Crippen LogP) is 3.24. The number of carbonyl (C=O) groups is 2. The summed E-state index contributed by atoms with van der Waals surface area (Å²) in [6.07, 6.45) is 2.50. The van der Waals surface area contributed by atoms with Crippen LogP contribution in [0, 0.1) is 11.8 Å². The zero-order valence-corrected chi connectivity index (χ0v) is 20.5. The lowest BCUT2D eigenvalue weighted by molar-refractivity contribution is -0.124. The lowest BCUT2D eigenvalue weighted by Gasteiger charge is -2.29. The van der Waals surface area contributed by atoms with E-state index in [9.17, 15) is 14.7 Å². The molecule has 0 unspecified atom stereocenters. The van der Waals surface area contributed by atoms with Gasteiger partial charge in [-0.05, 0) is 60.4 Å². The minimum absolute atomic E-state index is 0.0176. The van der Waals surface area contributed by atoms with Gasteiger partial charge in [0.25, 0.3) is 5.91 Å². The van der Waals surface area contributed by atoms with Crippen LogP contribution in [-0.4, -0.2) is 39.0 Å². The van der Waals surface area contributed by atoms with Gasteiger partial charge in [-0.15, -0.1) is 0 Å². The molecule has 7 nitrogen and oxygen atoms in total. The number of rotatable bonds is 9. The average molecular weight is 495 g/mol. The van der Waals surface area contributed by atoms with Crippen molar-refractivity contribution in [2.75, 3.05) is 0 Å². The molecule has 2 amide bonds. The summed E-state index contributed by atoms with van der Waals surface area (Å²) >= 11 is 0. The highest BCUT2D eigenvalue weighted by atomic mass is 16.3. The number of nitrogens with two attached hydrogens (primary N) is 1. The third-order valence-corrected chi connectivity index (χ3v) is 7.27. The number of hydrogen-bond donors (Lipinski definition) is 3. The Hall–Kier alpha value is -4.10. The summed E-state index contributed by atoms with van der Waals surface area (Å²) in [6, 6.07) is 24.5. The van der Waals surface area contributed by atoms with E-state index in [0.29, 0.717) is 17.5 Å². The molecule has 5 rings (SSSR count). The molecule has 0 aliphatic heterocycles. The Balaban J connectivity index is 1.35. The molecule has 7 heteroatoms. The van der Waals surface area contributed by atoms with Crippen LogP contribution < -0.4 is 11.1 Å². The molecule has 3 aromatic carbocycles. The van der Waals surface area contributed by atoms with E-state index >= 15 is 0 Å². The highest BCUT2D eigenvalue weighted by Gasteiger charge is 2.35. The SMILES string of the molecule is NC(=O)[C@@H](C[C@H](O)[C@H](Cc1ccccc1)NC(=O)c1cnc2ccccc2n1)C1Cc2ccccc2C1. The maximum atomic E-state index is 13.2. The van der Waals surface area contributed by atoms with E-state index in [2.05, 4.69) is 27.4 Å². The minimum atomic E-state index is -0.987. The molecule has 0 saturated carbocycles. The van der Waals surface area contributed by atoms with Gasteiger partial charge in [0, 0.05) is 5.92 Å². The highest BCUT2D eigenvalue weighted by Crippen LogP contribution is 2.34. The molecule has 4 aromatic rings. The normalized spacial score (nSPS) is 15.6. The number of benzene rings is 3. The molecule has 0 saturated heterocycles. The largest absolute Gasteiger partial charge is 0.391 e. The molecule has 0 radical (unpaired) electrons. The van der Waals surface area contributed by atoms with Crippen molar-refractivity contribution in [3.63, 3.8) is 0 Å². The summed E-state index contributed by atoms with van der Waals surface area (Å²) in [6.45, 7) is 0. The maximum absolute atomic E-state index is 13.2. The van der Waals surface area contributed by atoms with Gasteiger partial charge in [-0.3, -0.25) is 14.6 Å². The molecule has 4 N–H and O–H groups in total. The third kappa shape index (κ3) is 5.67. The van der Waals surface area contributed by atoms with Gasteiger partial charge < -0.3 is 16.2 Å². The fourth-order valence-electron chi connectivity index (χ4n) is 5.30. The number of fused-ring (bicyclic) bond motifs is 2. The van der Waals surface area contributed by atoms with Crippen molar-refractivity contribution in [3.8, 4) is 0 Å². The summed E-state index contributed by atoms with van der Waals surface area (Å²) in [5.41, 5.74) is 10.7. The number of primary amides is 1. The standard InChI is InChI=1S/C30H30N4O3/c31-29(36)23(22-15-20-10-4-5-11-21(20)16-22)17-28(35)26(14-19-8-2-1-3-9-19)34-30(37)27-18-32-24-12-6-7-13-25(24)33-27/h1-13,18,22-23,26,28,35H,14-17H2,(H2,31,36)(H,34,37)/t23-,26-,28-/m0/s1. The number of amides is 2. The van der Waals surface area contributed by atoms with Crippen LogP contribution in [0.4, 0.5) is 0 Å².